The first-order valence-corrected chi connectivity index (χ1v) is 7.72. The molecule has 1 aromatic carbocycles. The molecule has 0 saturated heterocycles. The molecule has 134 valence electrons. The molecule has 2 rings (SSSR count). The van der Waals surface area contributed by atoms with Gasteiger partial charge >= 0.3 is 11.9 Å². The van der Waals surface area contributed by atoms with E-state index in [9.17, 15) is 24.5 Å². The second-order valence-electron chi connectivity index (χ2n) is 5.67. The number of fused-ring (bicyclic) bond motifs is 1. The molecule has 0 fully saturated rings. The zero-order valence-electron chi connectivity index (χ0n) is 13.7. The Kier molecular flexibility index (Phi) is 5.81. The van der Waals surface area contributed by atoms with Crippen molar-refractivity contribution in [3.63, 3.8) is 0 Å². The lowest BCUT2D eigenvalue weighted by Gasteiger charge is -2.27. The maximum absolute atomic E-state index is 12.7. The standard InChI is InChI=1S/C16H17NO8/c1-3-12(16(20)24-25-23-9(2)18)13-7-5-10-4-6-11(17(21)22)8-14(10)15(13)19/h4,6,8,12-13H,3,5,7H2,1-2H3. The summed E-state index contributed by atoms with van der Waals surface area (Å²) >= 11 is 0. The molecule has 0 spiro atoms. The highest BCUT2D eigenvalue weighted by Crippen LogP contribution is 2.34. The van der Waals surface area contributed by atoms with E-state index in [-0.39, 0.29) is 17.0 Å². The van der Waals surface area contributed by atoms with Gasteiger partial charge in [-0.25, -0.2) is 9.59 Å². The topological polar surface area (TPSA) is 122 Å². The van der Waals surface area contributed by atoms with E-state index in [4.69, 9.17) is 0 Å². The van der Waals surface area contributed by atoms with Crippen molar-refractivity contribution in [3.8, 4) is 0 Å². The fourth-order valence-electron chi connectivity index (χ4n) is 2.93. The molecule has 0 radical (unpaired) electrons. The van der Waals surface area contributed by atoms with Crippen molar-refractivity contribution >= 4 is 23.4 Å². The van der Waals surface area contributed by atoms with Gasteiger partial charge in [0.05, 0.1) is 10.8 Å². The SMILES string of the molecule is CCC(C(=O)OOOC(C)=O)C1CCc2ccc([N+](=O)[O-])cc2C1=O. The third-order valence-electron chi connectivity index (χ3n) is 4.13. The van der Waals surface area contributed by atoms with Crippen molar-refractivity contribution in [3.05, 3.63) is 39.4 Å². The molecule has 2 unspecified atom stereocenters. The summed E-state index contributed by atoms with van der Waals surface area (Å²) in [6.45, 7) is 2.77. The van der Waals surface area contributed by atoms with Crippen LogP contribution in [0.1, 0.15) is 42.6 Å². The number of nitro benzene ring substituents is 1. The predicted octanol–water partition coefficient (Wildman–Crippen LogP) is 2.32. The van der Waals surface area contributed by atoms with Crippen LogP contribution < -0.4 is 0 Å². The van der Waals surface area contributed by atoms with Crippen LogP contribution in [0.4, 0.5) is 5.69 Å². The zero-order chi connectivity index (χ0) is 18.6. The molecule has 0 N–H and O–H groups in total. The molecular weight excluding hydrogens is 334 g/mol. The number of ketones is 1. The number of hydrogen-bond donors (Lipinski definition) is 0. The molecule has 2 atom stereocenters. The Balaban J connectivity index is 2.17. The van der Waals surface area contributed by atoms with Gasteiger partial charge in [0, 0.05) is 35.6 Å². The Morgan fingerprint density at radius 2 is 2.08 bits per heavy atom. The van der Waals surface area contributed by atoms with Crippen LogP contribution in [-0.2, 0) is 30.8 Å². The molecule has 1 aromatic rings. The number of carbonyl (C=O) groups is 3. The van der Waals surface area contributed by atoms with E-state index in [1.54, 1.807) is 13.0 Å². The number of carbonyl (C=O) groups excluding carboxylic acids is 3. The van der Waals surface area contributed by atoms with E-state index < -0.39 is 28.7 Å². The molecule has 0 saturated carbocycles. The largest absolute Gasteiger partial charge is 0.350 e. The average Bonchev–Trinajstić information content (AvgIpc) is 2.57. The molecule has 0 aliphatic heterocycles. The Hall–Kier alpha value is -2.81. The predicted molar refractivity (Wildman–Crippen MR) is 82.0 cm³/mol. The van der Waals surface area contributed by atoms with Crippen LogP contribution in [-0.4, -0.2) is 22.6 Å². The van der Waals surface area contributed by atoms with E-state index in [2.05, 4.69) is 14.8 Å². The van der Waals surface area contributed by atoms with Crippen LogP contribution in [0.25, 0.3) is 0 Å². The van der Waals surface area contributed by atoms with E-state index in [1.807, 2.05) is 0 Å². The van der Waals surface area contributed by atoms with Gasteiger partial charge in [0.15, 0.2) is 5.78 Å². The quantitative estimate of drug-likeness (QED) is 0.435. The van der Waals surface area contributed by atoms with Gasteiger partial charge in [-0.15, -0.1) is 0 Å². The van der Waals surface area contributed by atoms with Gasteiger partial charge in [-0.05, 0) is 24.8 Å². The Bertz CT molecular complexity index is 714. The summed E-state index contributed by atoms with van der Waals surface area (Å²) in [6, 6.07) is 4.15. The summed E-state index contributed by atoms with van der Waals surface area (Å²) in [6.07, 6.45) is 1.21. The van der Waals surface area contributed by atoms with Crippen molar-refractivity contribution in [2.24, 2.45) is 11.8 Å². The second kappa shape index (κ2) is 7.84. The Morgan fingerprint density at radius 1 is 1.36 bits per heavy atom. The van der Waals surface area contributed by atoms with Crippen LogP contribution in [0, 0.1) is 22.0 Å². The molecule has 25 heavy (non-hydrogen) atoms. The summed E-state index contributed by atoms with van der Waals surface area (Å²) in [7, 11) is 0. The van der Waals surface area contributed by atoms with Crippen molar-refractivity contribution in [2.75, 3.05) is 0 Å². The molecular formula is C16H17NO8. The lowest BCUT2D eigenvalue weighted by molar-refractivity contribution is -0.460. The van der Waals surface area contributed by atoms with Gasteiger partial charge in [-0.1, -0.05) is 13.0 Å². The maximum atomic E-state index is 12.7. The number of nitrogens with zero attached hydrogens (tertiary/aromatic N) is 1. The van der Waals surface area contributed by atoms with Gasteiger partial charge in [0.1, 0.15) is 0 Å². The molecule has 9 heteroatoms. The van der Waals surface area contributed by atoms with Crippen LogP contribution in [0.2, 0.25) is 0 Å². The number of rotatable bonds is 6. The Morgan fingerprint density at radius 3 is 2.68 bits per heavy atom. The molecule has 1 aliphatic carbocycles. The molecule has 9 nitrogen and oxygen atoms in total. The molecule has 0 heterocycles. The zero-order valence-corrected chi connectivity index (χ0v) is 13.7. The number of benzene rings is 1. The smallest absolute Gasteiger partial charge is 0.294 e. The minimum absolute atomic E-state index is 0.179. The van der Waals surface area contributed by atoms with E-state index in [1.165, 1.54) is 12.1 Å². The van der Waals surface area contributed by atoms with Crippen LogP contribution in [0.3, 0.4) is 0 Å². The maximum Gasteiger partial charge on any atom is 0.350 e. The lowest BCUT2D eigenvalue weighted by atomic mass is 9.75. The monoisotopic (exact) mass is 351 g/mol. The van der Waals surface area contributed by atoms with Crippen molar-refractivity contribution in [1.82, 2.24) is 0 Å². The van der Waals surface area contributed by atoms with E-state index in [0.717, 1.165) is 6.92 Å². The normalized spacial score (nSPS) is 17.4. The second-order valence-corrected chi connectivity index (χ2v) is 5.67. The summed E-state index contributed by atoms with van der Waals surface area (Å²) in [4.78, 5) is 54.2. The molecule has 0 bridgehead atoms. The minimum atomic E-state index is -0.837. The number of nitro groups is 1. The summed E-state index contributed by atoms with van der Waals surface area (Å²) < 4.78 is 0. The van der Waals surface area contributed by atoms with E-state index >= 15 is 0 Å². The first-order valence-electron chi connectivity index (χ1n) is 7.72. The van der Waals surface area contributed by atoms with Crippen LogP contribution in [0.5, 0.6) is 0 Å². The number of aryl methyl sites for hydroxylation is 1. The molecule has 0 amide bonds. The van der Waals surface area contributed by atoms with Gasteiger partial charge in [0.2, 0.25) is 0 Å². The highest BCUT2D eigenvalue weighted by molar-refractivity contribution is 6.02. The van der Waals surface area contributed by atoms with Gasteiger partial charge in [-0.2, -0.15) is 0 Å². The lowest BCUT2D eigenvalue weighted by Crippen LogP contribution is -2.34. The summed E-state index contributed by atoms with van der Waals surface area (Å²) in [5.74, 6) is -3.48. The summed E-state index contributed by atoms with van der Waals surface area (Å²) in [5, 5.41) is 15.0. The first-order chi connectivity index (χ1) is 11.8. The van der Waals surface area contributed by atoms with Crippen LogP contribution in [0.15, 0.2) is 18.2 Å². The van der Waals surface area contributed by atoms with Gasteiger partial charge < -0.3 is 0 Å². The fourth-order valence-corrected chi connectivity index (χ4v) is 2.93. The number of hydrogen-bond acceptors (Lipinski definition) is 8. The molecule has 1 aliphatic rings. The third-order valence-corrected chi connectivity index (χ3v) is 4.13. The Labute approximate surface area is 142 Å². The highest BCUT2D eigenvalue weighted by Gasteiger charge is 2.38. The first kappa shape index (κ1) is 18.5. The number of non-ortho nitro benzene ring substituents is 1. The summed E-state index contributed by atoms with van der Waals surface area (Å²) in [5.41, 5.74) is 0.783. The van der Waals surface area contributed by atoms with Crippen molar-refractivity contribution < 1.29 is 34.1 Å². The minimum Gasteiger partial charge on any atom is -0.294 e. The average molecular weight is 351 g/mol. The fraction of sp³-hybridized carbons (Fsp3) is 0.438. The van der Waals surface area contributed by atoms with Gasteiger partial charge in [-0.3, -0.25) is 24.7 Å². The van der Waals surface area contributed by atoms with Crippen molar-refractivity contribution in [1.29, 1.82) is 0 Å². The number of Topliss-reactive ketones (excluding diaryl/α,β-unsaturated/α-hetero) is 1. The van der Waals surface area contributed by atoms with Gasteiger partial charge in [0.25, 0.3) is 5.69 Å². The van der Waals surface area contributed by atoms with Crippen molar-refractivity contribution in [2.45, 2.75) is 33.1 Å². The third kappa shape index (κ3) is 4.18. The highest BCUT2D eigenvalue weighted by atomic mass is 17.5. The van der Waals surface area contributed by atoms with E-state index in [0.29, 0.717) is 24.8 Å². The van der Waals surface area contributed by atoms with Crippen LogP contribution >= 0.6 is 0 Å². The molecule has 0 aromatic heterocycles.